The minimum absolute atomic E-state index is 0.469. The van der Waals surface area contributed by atoms with E-state index in [0.29, 0.717) is 21.2 Å². The third-order valence-corrected chi connectivity index (χ3v) is 9.12. The summed E-state index contributed by atoms with van der Waals surface area (Å²) >= 11 is 0. The average molecular weight is 527 g/mol. The Bertz CT molecular complexity index is 1060. The summed E-state index contributed by atoms with van der Waals surface area (Å²) in [4.78, 5) is 20.0. The zero-order chi connectivity index (χ0) is 26.6. The Morgan fingerprint density at radius 1 is 0.444 bits per heavy atom. The van der Waals surface area contributed by atoms with Crippen molar-refractivity contribution in [2.45, 2.75) is 26.1 Å². The Kier molecular flexibility index (Phi) is 11.5. The van der Waals surface area contributed by atoms with Gasteiger partial charge in [-0.1, -0.05) is 72.8 Å². The highest BCUT2D eigenvalue weighted by Gasteiger charge is 2.23. The highest BCUT2D eigenvalue weighted by atomic mass is 31.2. The highest BCUT2D eigenvalue weighted by Crippen LogP contribution is 2.38. The number of aliphatic hydroxyl groups is 2. The Morgan fingerprint density at radius 2 is 0.611 bits per heavy atom. The standard InChI is InChI=1S/2C12H11O2P.C4H10O2/c2*13-15(14,11-7-3-1-4-8-11)12-9-5-2-6-10-12;1-3(5)4(2)6/h2*1-10H,(H,13,14);3-6H,1-2H3. The maximum Gasteiger partial charge on any atom is 0.258 e. The molecular weight excluding hydrogens is 494 g/mol. The van der Waals surface area contributed by atoms with Crippen molar-refractivity contribution in [2.75, 3.05) is 0 Å². The van der Waals surface area contributed by atoms with Crippen LogP contribution in [0.1, 0.15) is 13.8 Å². The second-order valence-corrected chi connectivity index (χ2v) is 12.3. The minimum atomic E-state index is -3.40. The lowest BCUT2D eigenvalue weighted by Crippen LogP contribution is -2.17. The molecule has 0 saturated carbocycles. The van der Waals surface area contributed by atoms with Gasteiger partial charge in [-0.25, -0.2) is 0 Å². The zero-order valence-electron chi connectivity index (χ0n) is 20.2. The molecule has 6 nitrogen and oxygen atoms in total. The van der Waals surface area contributed by atoms with Gasteiger partial charge in [0.05, 0.1) is 12.2 Å². The first-order valence-corrected chi connectivity index (χ1v) is 14.6. The molecule has 190 valence electrons. The molecule has 0 bridgehead atoms. The van der Waals surface area contributed by atoms with Crippen molar-refractivity contribution in [1.29, 1.82) is 0 Å². The molecule has 0 fully saturated rings. The monoisotopic (exact) mass is 526 g/mol. The smallest absolute Gasteiger partial charge is 0.258 e. The van der Waals surface area contributed by atoms with Crippen molar-refractivity contribution in [1.82, 2.24) is 0 Å². The van der Waals surface area contributed by atoms with E-state index in [1.165, 1.54) is 0 Å². The minimum Gasteiger partial charge on any atom is -0.391 e. The van der Waals surface area contributed by atoms with Crippen LogP contribution >= 0.6 is 14.7 Å². The van der Waals surface area contributed by atoms with E-state index in [2.05, 4.69) is 0 Å². The Hall–Kier alpha value is -2.82. The molecule has 0 aromatic heterocycles. The van der Waals surface area contributed by atoms with Crippen LogP contribution in [0.25, 0.3) is 0 Å². The molecule has 0 aliphatic heterocycles. The first-order chi connectivity index (χ1) is 17.1. The van der Waals surface area contributed by atoms with Gasteiger partial charge >= 0.3 is 0 Å². The number of hydrogen-bond acceptors (Lipinski definition) is 4. The van der Waals surface area contributed by atoms with Gasteiger partial charge in [0.2, 0.25) is 0 Å². The van der Waals surface area contributed by atoms with E-state index >= 15 is 0 Å². The van der Waals surface area contributed by atoms with Crippen molar-refractivity contribution >= 4 is 36.0 Å². The predicted molar refractivity (Wildman–Crippen MR) is 147 cm³/mol. The van der Waals surface area contributed by atoms with Gasteiger partial charge in [0.25, 0.3) is 14.7 Å². The van der Waals surface area contributed by atoms with Gasteiger partial charge in [0, 0.05) is 21.2 Å². The highest BCUT2D eigenvalue weighted by molar-refractivity contribution is 7.73. The van der Waals surface area contributed by atoms with Crippen LogP contribution in [-0.2, 0) is 9.13 Å². The summed E-state index contributed by atoms with van der Waals surface area (Å²) < 4.78 is 24.3. The average Bonchev–Trinajstić information content (AvgIpc) is 2.91. The summed E-state index contributed by atoms with van der Waals surface area (Å²) in [5, 5.41) is 18.6. The first kappa shape index (κ1) is 29.4. The second-order valence-electron chi connectivity index (χ2n) is 7.98. The molecule has 4 N–H and O–H groups in total. The maximum atomic E-state index is 12.2. The fourth-order valence-corrected chi connectivity index (χ4v) is 5.72. The molecular formula is C28H32O6P2. The van der Waals surface area contributed by atoms with E-state index in [1.54, 1.807) is 111 Å². The number of hydrogen-bond donors (Lipinski definition) is 4. The summed E-state index contributed by atoms with van der Waals surface area (Å²) in [6, 6.07) is 34.8. The molecule has 4 rings (SSSR count). The van der Waals surface area contributed by atoms with Crippen LogP contribution < -0.4 is 21.2 Å². The fourth-order valence-electron chi connectivity index (χ4n) is 2.82. The van der Waals surface area contributed by atoms with E-state index in [-0.39, 0.29) is 0 Å². The molecule has 4 aromatic carbocycles. The van der Waals surface area contributed by atoms with E-state index < -0.39 is 26.9 Å². The largest absolute Gasteiger partial charge is 0.391 e. The van der Waals surface area contributed by atoms with Gasteiger partial charge < -0.3 is 20.0 Å². The van der Waals surface area contributed by atoms with Gasteiger partial charge in [-0.3, -0.25) is 9.13 Å². The lowest BCUT2D eigenvalue weighted by molar-refractivity contribution is 0.0438. The van der Waals surface area contributed by atoms with Crippen molar-refractivity contribution in [3.63, 3.8) is 0 Å². The third kappa shape index (κ3) is 8.69. The van der Waals surface area contributed by atoms with Crippen LogP contribution in [0.2, 0.25) is 0 Å². The quantitative estimate of drug-likeness (QED) is 0.296. The van der Waals surface area contributed by atoms with Crippen LogP contribution in [0.4, 0.5) is 0 Å². The normalized spacial score (nSPS) is 12.7. The fraction of sp³-hybridized carbons (Fsp3) is 0.143. The number of aliphatic hydroxyl groups excluding tert-OH is 2. The van der Waals surface area contributed by atoms with Crippen LogP contribution in [0, 0.1) is 0 Å². The van der Waals surface area contributed by atoms with E-state index in [4.69, 9.17) is 10.2 Å². The Labute approximate surface area is 212 Å². The molecule has 0 amide bonds. The lowest BCUT2D eigenvalue weighted by Gasteiger charge is -2.11. The Morgan fingerprint density at radius 3 is 0.750 bits per heavy atom. The summed E-state index contributed by atoms with van der Waals surface area (Å²) in [6.07, 6.45) is -1.19. The molecule has 0 aliphatic rings. The van der Waals surface area contributed by atoms with Gasteiger partial charge in [-0.05, 0) is 62.4 Å². The number of rotatable bonds is 5. The van der Waals surface area contributed by atoms with Gasteiger partial charge in [-0.2, -0.15) is 0 Å². The van der Waals surface area contributed by atoms with E-state index in [1.807, 2.05) is 24.3 Å². The molecule has 0 spiro atoms. The van der Waals surface area contributed by atoms with Crippen LogP contribution in [0.5, 0.6) is 0 Å². The van der Waals surface area contributed by atoms with Crippen LogP contribution in [0.3, 0.4) is 0 Å². The van der Waals surface area contributed by atoms with Crippen LogP contribution in [0.15, 0.2) is 121 Å². The maximum absolute atomic E-state index is 12.2. The molecule has 2 unspecified atom stereocenters. The topological polar surface area (TPSA) is 115 Å². The second kappa shape index (κ2) is 14.1. The molecule has 0 heterocycles. The summed E-state index contributed by atoms with van der Waals surface area (Å²) in [6.45, 7) is 3.09. The van der Waals surface area contributed by atoms with Crippen molar-refractivity contribution in [3.05, 3.63) is 121 Å². The first-order valence-electron chi connectivity index (χ1n) is 11.3. The Balaban J connectivity index is 0.000000208. The molecule has 0 saturated heterocycles. The predicted octanol–water partition coefficient (Wildman–Crippen LogP) is 3.56. The lowest BCUT2D eigenvalue weighted by atomic mass is 10.3. The zero-order valence-corrected chi connectivity index (χ0v) is 22.0. The van der Waals surface area contributed by atoms with Gasteiger partial charge in [0.15, 0.2) is 0 Å². The van der Waals surface area contributed by atoms with Crippen molar-refractivity contribution in [2.24, 2.45) is 0 Å². The molecule has 0 aliphatic carbocycles. The van der Waals surface area contributed by atoms with Crippen molar-refractivity contribution < 1.29 is 29.1 Å². The van der Waals surface area contributed by atoms with E-state index in [0.717, 1.165) is 0 Å². The molecule has 4 aromatic rings. The van der Waals surface area contributed by atoms with Gasteiger partial charge in [0.1, 0.15) is 0 Å². The van der Waals surface area contributed by atoms with Crippen molar-refractivity contribution in [3.8, 4) is 0 Å². The molecule has 0 radical (unpaired) electrons. The molecule has 36 heavy (non-hydrogen) atoms. The summed E-state index contributed by atoms with van der Waals surface area (Å²) in [7, 11) is -6.79. The number of benzene rings is 4. The van der Waals surface area contributed by atoms with Gasteiger partial charge in [-0.15, -0.1) is 0 Å². The third-order valence-electron chi connectivity index (χ3n) is 5.12. The summed E-state index contributed by atoms with van der Waals surface area (Å²) in [5.74, 6) is 0. The molecule has 2 atom stereocenters. The summed E-state index contributed by atoms with van der Waals surface area (Å²) in [5.41, 5.74) is 0. The SMILES string of the molecule is CC(O)C(C)O.O=P(O)(c1ccccc1)c1ccccc1.O=P(O)(c1ccccc1)c1ccccc1. The molecule has 8 heteroatoms. The van der Waals surface area contributed by atoms with E-state index in [9.17, 15) is 18.9 Å². The van der Waals surface area contributed by atoms with Crippen LogP contribution in [-0.4, -0.2) is 32.2 Å².